The number of furan rings is 1. The quantitative estimate of drug-likeness (QED) is 0.698. The lowest BCUT2D eigenvalue weighted by molar-refractivity contribution is 0.160. The van der Waals surface area contributed by atoms with Gasteiger partial charge in [0.2, 0.25) is 0 Å². The van der Waals surface area contributed by atoms with Crippen LogP contribution >= 0.6 is 0 Å². The molecule has 90 valence electrons. The van der Waals surface area contributed by atoms with Gasteiger partial charge in [-0.05, 0) is 38.3 Å². The molecule has 0 aromatic carbocycles. The normalized spacial score (nSPS) is 12.7. The Bertz CT molecular complexity index is 328. The Morgan fingerprint density at radius 3 is 2.81 bits per heavy atom. The second kappa shape index (κ2) is 6.51. The summed E-state index contributed by atoms with van der Waals surface area (Å²) in [6.07, 6.45) is 2.13. The van der Waals surface area contributed by atoms with Crippen molar-refractivity contribution in [1.82, 2.24) is 0 Å². The highest BCUT2D eigenvalue weighted by molar-refractivity contribution is 5.06. The molecule has 1 rings (SSSR count). The van der Waals surface area contributed by atoms with E-state index in [4.69, 9.17) is 9.52 Å². The minimum atomic E-state index is -0.399. The fourth-order valence-corrected chi connectivity index (χ4v) is 1.62. The van der Waals surface area contributed by atoms with Crippen molar-refractivity contribution in [1.29, 1.82) is 0 Å². The van der Waals surface area contributed by atoms with Crippen molar-refractivity contribution in [2.45, 2.75) is 38.7 Å². The lowest BCUT2D eigenvalue weighted by Gasteiger charge is -2.10. The van der Waals surface area contributed by atoms with Crippen LogP contribution in [-0.4, -0.2) is 22.9 Å². The maximum absolute atomic E-state index is 9.73. The molecule has 2 N–H and O–H groups in total. The van der Waals surface area contributed by atoms with Crippen LogP contribution in [0.3, 0.4) is 0 Å². The third-order valence-corrected chi connectivity index (χ3v) is 2.51. The summed E-state index contributed by atoms with van der Waals surface area (Å²) in [5.74, 6) is 1.80. The Kier molecular flexibility index (Phi) is 5.29. The average Bonchev–Trinajstić information content (AvgIpc) is 2.61. The van der Waals surface area contributed by atoms with Crippen LogP contribution in [0.15, 0.2) is 28.7 Å². The van der Waals surface area contributed by atoms with E-state index in [1.165, 1.54) is 0 Å². The Labute approximate surface area is 96.4 Å². The number of hydrogen-bond acceptors (Lipinski definition) is 3. The summed E-state index contributed by atoms with van der Waals surface area (Å²) in [7, 11) is 0. The highest BCUT2D eigenvalue weighted by atomic mass is 16.3. The van der Waals surface area contributed by atoms with E-state index < -0.39 is 6.10 Å². The summed E-state index contributed by atoms with van der Waals surface area (Å²) in [5, 5.41) is 18.4. The Balaban J connectivity index is 2.24. The van der Waals surface area contributed by atoms with E-state index in [9.17, 15) is 5.11 Å². The first-order valence-electron chi connectivity index (χ1n) is 5.62. The molecule has 0 saturated heterocycles. The van der Waals surface area contributed by atoms with Crippen LogP contribution in [-0.2, 0) is 6.42 Å². The largest absolute Gasteiger partial charge is 0.466 e. The number of rotatable bonds is 7. The minimum absolute atomic E-state index is 0.100. The van der Waals surface area contributed by atoms with Gasteiger partial charge in [-0.15, -0.1) is 0 Å². The number of aryl methyl sites for hydroxylation is 2. The molecule has 1 atom stereocenters. The second-order valence-electron chi connectivity index (χ2n) is 4.13. The molecule has 0 saturated carbocycles. The van der Waals surface area contributed by atoms with Crippen molar-refractivity contribution in [3.8, 4) is 0 Å². The molecule has 1 aromatic heterocycles. The lowest BCUT2D eigenvalue weighted by Crippen LogP contribution is -2.09. The monoisotopic (exact) mass is 224 g/mol. The van der Waals surface area contributed by atoms with Crippen molar-refractivity contribution in [3.63, 3.8) is 0 Å². The Morgan fingerprint density at radius 1 is 1.50 bits per heavy atom. The Morgan fingerprint density at radius 2 is 2.25 bits per heavy atom. The molecule has 1 heterocycles. The topological polar surface area (TPSA) is 53.6 Å². The molecule has 16 heavy (non-hydrogen) atoms. The van der Waals surface area contributed by atoms with Gasteiger partial charge < -0.3 is 14.6 Å². The van der Waals surface area contributed by atoms with E-state index in [0.717, 1.165) is 23.5 Å². The highest BCUT2D eigenvalue weighted by Crippen LogP contribution is 2.14. The molecule has 0 radical (unpaired) electrons. The van der Waals surface area contributed by atoms with E-state index in [-0.39, 0.29) is 6.61 Å². The molecule has 0 bridgehead atoms. The minimum Gasteiger partial charge on any atom is -0.466 e. The molecule has 0 amide bonds. The maximum Gasteiger partial charge on any atom is 0.104 e. The zero-order valence-corrected chi connectivity index (χ0v) is 9.78. The van der Waals surface area contributed by atoms with E-state index >= 15 is 0 Å². The van der Waals surface area contributed by atoms with E-state index in [1.54, 1.807) is 0 Å². The predicted molar refractivity (Wildman–Crippen MR) is 63.2 cm³/mol. The fraction of sp³-hybridized carbons (Fsp3) is 0.538. The van der Waals surface area contributed by atoms with E-state index in [2.05, 4.69) is 6.58 Å². The van der Waals surface area contributed by atoms with E-state index in [1.807, 2.05) is 19.1 Å². The molecular weight excluding hydrogens is 204 g/mol. The molecule has 3 nitrogen and oxygen atoms in total. The highest BCUT2D eigenvalue weighted by Gasteiger charge is 2.08. The summed E-state index contributed by atoms with van der Waals surface area (Å²) in [6.45, 7) is 5.81. The molecule has 0 aliphatic heterocycles. The van der Waals surface area contributed by atoms with Gasteiger partial charge in [0.25, 0.3) is 0 Å². The van der Waals surface area contributed by atoms with Crippen molar-refractivity contribution >= 4 is 0 Å². The van der Waals surface area contributed by atoms with Crippen molar-refractivity contribution in [2.75, 3.05) is 6.61 Å². The molecular formula is C13H20O3. The number of hydrogen-bond donors (Lipinski definition) is 2. The molecule has 0 aliphatic rings. The summed E-state index contributed by atoms with van der Waals surface area (Å²) >= 11 is 0. The number of aliphatic hydroxyl groups excluding tert-OH is 2. The van der Waals surface area contributed by atoms with Crippen molar-refractivity contribution < 1.29 is 14.6 Å². The van der Waals surface area contributed by atoms with Crippen LogP contribution in [0.4, 0.5) is 0 Å². The Hall–Kier alpha value is -1.06. The zero-order chi connectivity index (χ0) is 12.0. The van der Waals surface area contributed by atoms with Gasteiger partial charge in [-0.1, -0.05) is 12.2 Å². The third kappa shape index (κ3) is 4.64. The van der Waals surface area contributed by atoms with Crippen molar-refractivity contribution in [3.05, 3.63) is 35.8 Å². The van der Waals surface area contributed by atoms with Crippen molar-refractivity contribution in [2.24, 2.45) is 0 Å². The first-order valence-corrected chi connectivity index (χ1v) is 5.62. The van der Waals surface area contributed by atoms with Crippen LogP contribution in [0.1, 0.15) is 30.8 Å². The van der Waals surface area contributed by atoms with Gasteiger partial charge in [0.15, 0.2) is 0 Å². The lowest BCUT2D eigenvalue weighted by atomic mass is 10.0. The van der Waals surface area contributed by atoms with Gasteiger partial charge in [-0.2, -0.15) is 0 Å². The summed E-state index contributed by atoms with van der Waals surface area (Å²) in [6, 6.07) is 3.86. The second-order valence-corrected chi connectivity index (χ2v) is 4.13. The average molecular weight is 224 g/mol. The van der Waals surface area contributed by atoms with Crippen LogP contribution in [0.5, 0.6) is 0 Å². The molecule has 0 fully saturated rings. The summed E-state index contributed by atoms with van der Waals surface area (Å²) in [4.78, 5) is 0. The zero-order valence-electron chi connectivity index (χ0n) is 9.78. The van der Waals surface area contributed by atoms with Gasteiger partial charge >= 0.3 is 0 Å². The molecule has 3 heteroatoms. The molecule has 1 aromatic rings. The molecule has 0 unspecified atom stereocenters. The fourth-order valence-electron chi connectivity index (χ4n) is 1.62. The van der Waals surface area contributed by atoms with Gasteiger partial charge in [0.05, 0.1) is 6.10 Å². The van der Waals surface area contributed by atoms with Crippen LogP contribution < -0.4 is 0 Å². The van der Waals surface area contributed by atoms with Gasteiger partial charge in [-0.25, -0.2) is 0 Å². The smallest absolute Gasteiger partial charge is 0.104 e. The van der Waals surface area contributed by atoms with E-state index in [0.29, 0.717) is 19.3 Å². The van der Waals surface area contributed by atoms with Crippen LogP contribution in [0.25, 0.3) is 0 Å². The summed E-state index contributed by atoms with van der Waals surface area (Å²) < 4.78 is 5.41. The van der Waals surface area contributed by atoms with Crippen LogP contribution in [0, 0.1) is 6.92 Å². The third-order valence-electron chi connectivity index (χ3n) is 2.51. The standard InChI is InChI=1S/C13H20O3/c1-10(7-8-14)9-12(15)4-6-13-5-3-11(2)16-13/h3,5,12,14-15H,1,4,6-9H2,2H3/t12-/m1/s1. The van der Waals surface area contributed by atoms with Gasteiger partial charge in [-0.3, -0.25) is 0 Å². The molecule has 0 spiro atoms. The first kappa shape index (κ1) is 13.0. The van der Waals surface area contributed by atoms with Crippen LogP contribution in [0.2, 0.25) is 0 Å². The SMILES string of the molecule is C=C(CCO)C[C@H](O)CCc1ccc(C)o1. The van der Waals surface area contributed by atoms with Gasteiger partial charge in [0, 0.05) is 13.0 Å². The molecule has 0 aliphatic carbocycles. The number of aliphatic hydroxyl groups is 2. The maximum atomic E-state index is 9.73. The van der Waals surface area contributed by atoms with Gasteiger partial charge in [0.1, 0.15) is 11.5 Å². The first-order chi connectivity index (χ1) is 7.61. The predicted octanol–water partition coefficient (Wildman–Crippen LogP) is 2.21. The summed E-state index contributed by atoms with van der Waals surface area (Å²) in [5.41, 5.74) is 0.894.